The first-order valence-corrected chi connectivity index (χ1v) is 7.84. The van der Waals surface area contributed by atoms with Crippen LogP contribution in [0.4, 0.5) is 0 Å². The van der Waals surface area contributed by atoms with Gasteiger partial charge in [-0.25, -0.2) is 0 Å². The number of benzene rings is 1. The summed E-state index contributed by atoms with van der Waals surface area (Å²) in [5.41, 5.74) is 7.28. The highest BCUT2D eigenvalue weighted by Gasteiger charge is 2.25. The number of aliphatic hydroxyl groups is 1. The third-order valence-corrected chi connectivity index (χ3v) is 4.54. The number of aliphatic hydroxyl groups excluding tert-OH is 1. The number of hydrogen-bond acceptors (Lipinski definition) is 3. The van der Waals surface area contributed by atoms with Gasteiger partial charge in [-0.15, -0.1) is 0 Å². The molecule has 106 valence electrons. The lowest BCUT2D eigenvalue weighted by molar-refractivity contribution is 0.110. The maximum atomic E-state index is 9.10. The van der Waals surface area contributed by atoms with Gasteiger partial charge < -0.3 is 10.8 Å². The molecule has 1 aromatic carbocycles. The largest absolute Gasteiger partial charge is 0.396 e. The molecule has 0 bridgehead atoms. The average Bonchev–Trinajstić information content (AvgIpc) is 2.43. The van der Waals surface area contributed by atoms with E-state index in [1.807, 2.05) is 0 Å². The van der Waals surface area contributed by atoms with Crippen LogP contribution in [0.1, 0.15) is 30.9 Å². The van der Waals surface area contributed by atoms with E-state index in [9.17, 15) is 0 Å². The summed E-state index contributed by atoms with van der Waals surface area (Å²) < 4.78 is 1.10. The molecule has 1 aliphatic rings. The van der Waals surface area contributed by atoms with E-state index in [1.165, 1.54) is 18.4 Å². The number of hydrogen-bond donors (Lipinski definition) is 2. The Labute approximate surface area is 123 Å². The molecule has 0 spiro atoms. The fourth-order valence-corrected chi connectivity index (χ4v) is 3.24. The Balaban J connectivity index is 2.06. The second-order valence-electron chi connectivity index (χ2n) is 5.32. The number of nitrogens with zero attached hydrogens (tertiary/aromatic N) is 1. The second-order valence-corrected chi connectivity index (χ2v) is 6.23. The van der Waals surface area contributed by atoms with Crippen molar-refractivity contribution in [3.05, 3.63) is 34.3 Å². The minimum absolute atomic E-state index is 0.296. The predicted octanol–water partition coefficient (Wildman–Crippen LogP) is 2.54. The monoisotopic (exact) mass is 326 g/mol. The summed E-state index contributed by atoms with van der Waals surface area (Å²) in [5, 5.41) is 9.10. The Morgan fingerprint density at radius 1 is 1.37 bits per heavy atom. The van der Waals surface area contributed by atoms with Crippen LogP contribution < -0.4 is 5.73 Å². The lowest BCUT2D eigenvalue weighted by Gasteiger charge is -2.38. The molecule has 3 nitrogen and oxygen atoms in total. The van der Waals surface area contributed by atoms with E-state index in [1.54, 1.807) is 0 Å². The molecule has 0 amide bonds. The predicted molar refractivity (Wildman–Crippen MR) is 81.9 cm³/mol. The van der Waals surface area contributed by atoms with E-state index < -0.39 is 0 Å². The summed E-state index contributed by atoms with van der Waals surface area (Å²) in [7, 11) is 0. The molecule has 3 N–H and O–H groups in total. The van der Waals surface area contributed by atoms with Crippen molar-refractivity contribution in [2.24, 2.45) is 11.7 Å². The van der Waals surface area contributed by atoms with E-state index in [-0.39, 0.29) is 0 Å². The molecule has 0 saturated carbocycles. The second kappa shape index (κ2) is 7.39. The summed E-state index contributed by atoms with van der Waals surface area (Å²) in [6.45, 7) is 3.11. The van der Waals surface area contributed by atoms with Gasteiger partial charge in [0.15, 0.2) is 0 Å². The highest BCUT2D eigenvalue weighted by molar-refractivity contribution is 9.10. The van der Waals surface area contributed by atoms with Crippen molar-refractivity contribution < 1.29 is 5.11 Å². The Morgan fingerprint density at radius 2 is 2.11 bits per heavy atom. The van der Waals surface area contributed by atoms with Crippen LogP contribution in [-0.4, -0.2) is 36.2 Å². The molecule has 2 rings (SSSR count). The summed E-state index contributed by atoms with van der Waals surface area (Å²) in [6.07, 6.45) is 3.35. The molecule has 0 aromatic heterocycles. The molecule has 1 saturated heterocycles. The quantitative estimate of drug-likeness (QED) is 0.874. The number of likely N-dealkylation sites (tertiary alicyclic amines) is 1. The fourth-order valence-electron chi connectivity index (χ4n) is 2.98. The van der Waals surface area contributed by atoms with Crippen LogP contribution in [-0.2, 0) is 0 Å². The van der Waals surface area contributed by atoms with Gasteiger partial charge >= 0.3 is 0 Å². The van der Waals surface area contributed by atoms with Crippen LogP contribution in [0.2, 0.25) is 0 Å². The summed E-state index contributed by atoms with van der Waals surface area (Å²) in [6, 6.07) is 8.75. The van der Waals surface area contributed by atoms with Gasteiger partial charge in [-0.2, -0.15) is 0 Å². The van der Waals surface area contributed by atoms with Crippen LogP contribution in [0.5, 0.6) is 0 Å². The van der Waals surface area contributed by atoms with Gasteiger partial charge in [-0.1, -0.05) is 28.1 Å². The van der Waals surface area contributed by atoms with Crippen LogP contribution >= 0.6 is 15.9 Å². The maximum Gasteiger partial charge on any atom is 0.0470 e. The van der Waals surface area contributed by atoms with Gasteiger partial charge in [0.1, 0.15) is 0 Å². The fraction of sp³-hybridized carbons (Fsp3) is 0.600. The van der Waals surface area contributed by atoms with Gasteiger partial charge in [0.25, 0.3) is 0 Å². The zero-order valence-corrected chi connectivity index (χ0v) is 12.8. The molecule has 0 aliphatic carbocycles. The molecule has 1 fully saturated rings. The highest BCUT2D eigenvalue weighted by Crippen LogP contribution is 2.28. The van der Waals surface area contributed by atoms with Gasteiger partial charge in [0.05, 0.1) is 0 Å². The number of halogens is 1. The SMILES string of the molecule is NCC(c1ccc(Br)cc1)N1CCCC(CCO)C1. The molecule has 0 radical (unpaired) electrons. The van der Waals surface area contributed by atoms with Crippen molar-refractivity contribution in [1.29, 1.82) is 0 Å². The number of nitrogens with two attached hydrogens (primary N) is 1. The van der Waals surface area contributed by atoms with Crippen LogP contribution in [0.15, 0.2) is 28.7 Å². The lowest BCUT2D eigenvalue weighted by atomic mass is 9.92. The van der Waals surface area contributed by atoms with Crippen LogP contribution in [0, 0.1) is 5.92 Å². The number of rotatable bonds is 5. The van der Waals surface area contributed by atoms with Gasteiger partial charge in [-0.05, 0) is 49.4 Å². The van der Waals surface area contributed by atoms with Crippen molar-refractivity contribution >= 4 is 15.9 Å². The Hall–Kier alpha value is -0.420. The molecule has 2 unspecified atom stereocenters. The molecule has 4 heteroatoms. The third kappa shape index (κ3) is 4.02. The molecule has 2 atom stereocenters. The topological polar surface area (TPSA) is 49.5 Å². The zero-order chi connectivity index (χ0) is 13.7. The Kier molecular flexibility index (Phi) is 5.82. The van der Waals surface area contributed by atoms with E-state index in [2.05, 4.69) is 45.1 Å². The van der Waals surface area contributed by atoms with E-state index in [4.69, 9.17) is 10.8 Å². The molecule has 1 heterocycles. The van der Waals surface area contributed by atoms with Crippen LogP contribution in [0.3, 0.4) is 0 Å². The minimum atomic E-state index is 0.296. The Bertz CT molecular complexity index is 380. The zero-order valence-electron chi connectivity index (χ0n) is 11.3. The summed E-state index contributed by atoms with van der Waals surface area (Å²) >= 11 is 3.47. The molecule has 1 aliphatic heterocycles. The van der Waals surface area contributed by atoms with E-state index in [0.717, 1.165) is 24.0 Å². The van der Waals surface area contributed by atoms with Crippen molar-refractivity contribution in [2.75, 3.05) is 26.2 Å². The smallest absolute Gasteiger partial charge is 0.0470 e. The molecule has 1 aromatic rings. The van der Waals surface area contributed by atoms with Crippen molar-refractivity contribution in [2.45, 2.75) is 25.3 Å². The molecule has 19 heavy (non-hydrogen) atoms. The molecular formula is C15H23BrN2O. The number of piperidine rings is 1. The standard InChI is InChI=1S/C15H23BrN2O/c16-14-5-3-13(4-6-14)15(10-17)18-8-1-2-12(11-18)7-9-19/h3-6,12,15,19H,1-2,7-11,17H2. The van der Waals surface area contributed by atoms with Gasteiger partial charge in [-0.3, -0.25) is 4.90 Å². The average molecular weight is 327 g/mol. The van der Waals surface area contributed by atoms with Crippen LogP contribution in [0.25, 0.3) is 0 Å². The first-order valence-electron chi connectivity index (χ1n) is 7.05. The summed E-state index contributed by atoms with van der Waals surface area (Å²) in [5.74, 6) is 0.614. The van der Waals surface area contributed by atoms with Gasteiger partial charge in [0, 0.05) is 30.2 Å². The van der Waals surface area contributed by atoms with Crippen molar-refractivity contribution in [3.8, 4) is 0 Å². The maximum absolute atomic E-state index is 9.10. The van der Waals surface area contributed by atoms with Crippen molar-refractivity contribution in [1.82, 2.24) is 4.90 Å². The highest BCUT2D eigenvalue weighted by atomic mass is 79.9. The third-order valence-electron chi connectivity index (χ3n) is 4.01. The lowest BCUT2D eigenvalue weighted by Crippen LogP contribution is -2.41. The first kappa shape index (κ1) is 15.0. The summed E-state index contributed by atoms with van der Waals surface area (Å²) in [4.78, 5) is 2.48. The van der Waals surface area contributed by atoms with E-state index >= 15 is 0 Å². The van der Waals surface area contributed by atoms with Gasteiger partial charge in [0.2, 0.25) is 0 Å². The first-order chi connectivity index (χ1) is 9.24. The van der Waals surface area contributed by atoms with Crippen molar-refractivity contribution in [3.63, 3.8) is 0 Å². The minimum Gasteiger partial charge on any atom is -0.396 e. The van der Waals surface area contributed by atoms with E-state index in [0.29, 0.717) is 25.1 Å². The molecular weight excluding hydrogens is 304 g/mol. The Morgan fingerprint density at radius 3 is 2.74 bits per heavy atom. The normalized spacial score (nSPS) is 22.4.